The van der Waals surface area contributed by atoms with Crippen LogP contribution in [-0.4, -0.2) is 23.0 Å². The van der Waals surface area contributed by atoms with E-state index in [2.05, 4.69) is 0 Å². The molecule has 0 atom stereocenters. The van der Waals surface area contributed by atoms with Crippen LogP contribution < -0.4 is 14.2 Å². The molecule has 0 radical (unpaired) electrons. The van der Waals surface area contributed by atoms with E-state index in [0.29, 0.717) is 12.1 Å². The zero-order valence-electron chi connectivity index (χ0n) is 18.6. The molecule has 186 valence electrons. The molecule has 0 amide bonds. The van der Waals surface area contributed by atoms with Gasteiger partial charge in [-0.2, -0.15) is 0 Å². The van der Waals surface area contributed by atoms with E-state index in [-0.39, 0.29) is 33.9 Å². The van der Waals surface area contributed by atoms with Gasteiger partial charge < -0.3 is 19.3 Å². The number of benzene rings is 4. The fraction of sp³-hybridized carbons (Fsp3) is 0. The van der Waals surface area contributed by atoms with Crippen LogP contribution in [-0.2, 0) is 0 Å². The van der Waals surface area contributed by atoms with E-state index >= 15 is 0 Å². The minimum atomic E-state index is -1.70. The Kier molecular flexibility index (Phi) is 7.19. The van der Waals surface area contributed by atoms with Crippen molar-refractivity contribution in [3.8, 4) is 23.0 Å². The van der Waals surface area contributed by atoms with E-state index in [4.69, 9.17) is 14.2 Å². The molecule has 4 rings (SSSR count). The minimum Gasteiger partial charge on any atom is -0.508 e. The molecule has 7 nitrogen and oxygen atoms in total. The van der Waals surface area contributed by atoms with E-state index in [9.17, 15) is 32.7 Å². The van der Waals surface area contributed by atoms with Crippen LogP contribution in [0.2, 0.25) is 0 Å². The Morgan fingerprint density at radius 2 is 1.03 bits per heavy atom. The first-order valence-corrected chi connectivity index (χ1v) is 10.5. The first-order chi connectivity index (χ1) is 17.7. The summed E-state index contributed by atoms with van der Waals surface area (Å²) in [5.41, 5.74) is 0.219. The average Bonchev–Trinajstić information content (AvgIpc) is 2.88. The lowest BCUT2D eigenvalue weighted by Crippen LogP contribution is -2.12. The minimum absolute atomic E-state index is 0.000465. The Morgan fingerprint density at radius 1 is 0.541 bits per heavy atom. The van der Waals surface area contributed by atoms with Gasteiger partial charge in [0.1, 0.15) is 23.0 Å². The van der Waals surface area contributed by atoms with Crippen molar-refractivity contribution in [3.63, 3.8) is 0 Å². The van der Waals surface area contributed by atoms with Crippen LogP contribution in [0.15, 0.2) is 84.9 Å². The van der Waals surface area contributed by atoms with Gasteiger partial charge in [0, 0.05) is 12.1 Å². The molecule has 10 heteroatoms. The SMILES string of the molecule is O=C(Oc1ccc(C(=O)Oc2cccc(C(=O)Oc3cc(F)c(F)c(F)c3)c2)cc1)c1ccc(O)cc1. The molecule has 37 heavy (non-hydrogen) atoms. The third-order valence-electron chi connectivity index (χ3n) is 4.85. The van der Waals surface area contributed by atoms with Gasteiger partial charge in [0.15, 0.2) is 17.5 Å². The number of esters is 3. The molecule has 0 saturated carbocycles. The molecule has 0 aliphatic heterocycles. The third-order valence-corrected chi connectivity index (χ3v) is 4.85. The predicted octanol–water partition coefficient (Wildman–Crippen LogP) is 5.47. The Hall–Kier alpha value is -5.12. The van der Waals surface area contributed by atoms with E-state index < -0.39 is 41.1 Å². The molecular formula is C27H15F3O7. The summed E-state index contributed by atoms with van der Waals surface area (Å²) in [6, 6.07) is 17.2. The molecule has 0 heterocycles. The summed E-state index contributed by atoms with van der Waals surface area (Å²) in [7, 11) is 0. The second-order valence-corrected chi connectivity index (χ2v) is 7.47. The highest BCUT2D eigenvalue weighted by atomic mass is 19.2. The van der Waals surface area contributed by atoms with Gasteiger partial charge in [-0.3, -0.25) is 0 Å². The zero-order chi connectivity index (χ0) is 26.5. The van der Waals surface area contributed by atoms with Gasteiger partial charge in [0.2, 0.25) is 0 Å². The fourth-order valence-corrected chi connectivity index (χ4v) is 3.03. The molecule has 0 spiro atoms. The van der Waals surface area contributed by atoms with Crippen molar-refractivity contribution in [3.05, 3.63) is 119 Å². The zero-order valence-corrected chi connectivity index (χ0v) is 18.6. The van der Waals surface area contributed by atoms with Crippen molar-refractivity contribution >= 4 is 17.9 Å². The number of halogens is 3. The van der Waals surface area contributed by atoms with Crippen LogP contribution in [0.25, 0.3) is 0 Å². The summed E-state index contributed by atoms with van der Waals surface area (Å²) in [4.78, 5) is 37.0. The Balaban J connectivity index is 1.39. The molecule has 4 aromatic carbocycles. The highest BCUT2D eigenvalue weighted by molar-refractivity contribution is 5.94. The molecule has 4 aromatic rings. The summed E-state index contributed by atoms with van der Waals surface area (Å²) >= 11 is 0. The molecule has 0 fully saturated rings. The maximum absolute atomic E-state index is 13.3. The second-order valence-electron chi connectivity index (χ2n) is 7.47. The quantitative estimate of drug-likeness (QED) is 0.210. The van der Waals surface area contributed by atoms with Crippen LogP contribution in [0.5, 0.6) is 23.0 Å². The van der Waals surface area contributed by atoms with Crippen molar-refractivity contribution < 1.29 is 46.9 Å². The summed E-state index contributed by atoms with van der Waals surface area (Å²) in [6.45, 7) is 0. The number of phenolic OH excluding ortho intramolecular Hbond substituents is 1. The van der Waals surface area contributed by atoms with E-state index in [1.807, 2.05) is 0 Å². The van der Waals surface area contributed by atoms with Crippen LogP contribution in [0, 0.1) is 17.5 Å². The highest BCUT2D eigenvalue weighted by Gasteiger charge is 2.17. The molecule has 0 unspecified atom stereocenters. The number of hydrogen-bond donors (Lipinski definition) is 1. The van der Waals surface area contributed by atoms with E-state index in [1.165, 1.54) is 72.8 Å². The lowest BCUT2D eigenvalue weighted by Gasteiger charge is -2.08. The Morgan fingerprint density at radius 3 is 1.62 bits per heavy atom. The monoisotopic (exact) mass is 508 g/mol. The standard InChI is InChI=1S/C27H15F3O7/c28-22-13-21(14-23(29)24(22)30)37-27(34)17-2-1-3-20(12-17)36-26(33)16-6-10-19(11-7-16)35-25(32)15-4-8-18(31)9-5-15/h1-14,31H. The number of ether oxygens (including phenoxy) is 3. The van der Waals surface area contributed by atoms with Gasteiger partial charge >= 0.3 is 17.9 Å². The number of hydrogen-bond acceptors (Lipinski definition) is 7. The van der Waals surface area contributed by atoms with Crippen LogP contribution in [0.4, 0.5) is 13.2 Å². The fourth-order valence-electron chi connectivity index (χ4n) is 3.03. The molecule has 0 aromatic heterocycles. The molecule has 0 aliphatic rings. The van der Waals surface area contributed by atoms with Gasteiger partial charge in [-0.05, 0) is 66.7 Å². The second kappa shape index (κ2) is 10.6. The highest BCUT2D eigenvalue weighted by Crippen LogP contribution is 2.22. The van der Waals surface area contributed by atoms with Crippen molar-refractivity contribution in [2.24, 2.45) is 0 Å². The van der Waals surface area contributed by atoms with Crippen LogP contribution in [0.3, 0.4) is 0 Å². The summed E-state index contributed by atoms with van der Waals surface area (Å²) in [5.74, 6) is -7.63. The lowest BCUT2D eigenvalue weighted by atomic mass is 10.2. The van der Waals surface area contributed by atoms with Gasteiger partial charge in [0.05, 0.1) is 16.7 Å². The van der Waals surface area contributed by atoms with Gasteiger partial charge in [-0.1, -0.05) is 6.07 Å². The third kappa shape index (κ3) is 6.12. The first kappa shape index (κ1) is 25.0. The summed E-state index contributed by atoms with van der Waals surface area (Å²) < 4.78 is 55.1. The van der Waals surface area contributed by atoms with E-state index in [0.717, 1.165) is 0 Å². The van der Waals surface area contributed by atoms with Crippen molar-refractivity contribution in [1.82, 2.24) is 0 Å². The van der Waals surface area contributed by atoms with Crippen LogP contribution >= 0.6 is 0 Å². The molecular weight excluding hydrogens is 493 g/mol. The van der Waals surface area contributed by atoms with Gasteiger partial charge in [-0.25, -0.2) is 27.6 Å². The average molecular weight is 508 g/mol. The largest absolute Gasteiger partial charge is 0.508 e. The number of carbonyl (C=O) groups is 3. The normalized spacial score (nSPS) is 10.5. The van der Waals surface area contributed by atoms with Gasteiger partial charge in [-0.15, -0.1) is 0 Å². The van der Waals surface area contributed by atoms with Crippen LogP contribution in [0.1, 0.15) is 31.1 Å². The maximum Gasteiger partial charge on any atom is 0.343 e. The smallest absolute Gasteiger partial charge is 0.343 e. The topological polar surface area (TPSA) is 99.1 Å². The Labute approximate surface area is 207 Å². The number of rotatable bonds is 6. The van der Waals surface area contributed by atoms with Crippen molar-refractivity contribution in [1.29, 1.82) is 0 Å². The van der Waals surface area contributed by atoms with Crippen molar-refractivity contribution in [2.75, 3.05) is 0 Å². The summed E-state index contributed by atoms with van der Waals surface area (Å²) in [5, 5.41) is 9.29. The molecule has 0 saturated heterocycles. The number of aromatic hydroxyl groups is 1. The first-order valence-electron chi connectivity index (χ1n) is 10.5. The van der Waals surface area contributed by atoms with Crippen molar-refractivity contribution in [2.45, 2.75) is 0 Å². The lowest BCUT2D eigenvalue weighted by molar-refractivity contribution is 0.0713. The van der Waals surface area contributed by atoms with Gasteiger partial charge in [0.25, 0.3) is 0 Å². The summed E-state index contributed by atoms with van der Waals surface area (Å²) in [6.07, 6.45) is 0. The Bertz CT molecular complexity index is 1460. The molecule has 0 bridgehead atoms. The molecule has 1 N–H and O–H groups in total. The number of phenols is 1. The van der Waals surface area contributed by atoms with E-state index in [1.54, 1.807) is 0 Å². The molecule has 0 aliphatic carbocycles. The number of carbonyl (C=O) groups excluding carboxylic acids is 3. The maximum atomic E-state index is 13.3. The predicted molar refractivity (Wildman–Crippen MR) is 122 cm³/mol.